The fourth-order valence-electron chi connectivity index (χ4n) is 2.62. The first-order valence-corrected chi connectivity index (χ1v) is 8.43. The highest BCUT2D eigenvalue weighted by Gasteiger charge is 2.40. The van der Waals surface area contributed by atoms with Gasteiger partial charge in [0.15, 0.2) is 0 Å². The van der Waals surface area contributed by atoms with Gasteiger partial charge in [0.2, 0.25) is 10.0 Å². The second-order valence-electron chi connectivity index (χ2n) is 5.37. The molecule has 23 heavy (non-hydrogen) atoms. The van der Waals surface area contributed by atoms with Crippen molar-refractivity contribution in [2.75, 3.05) is 0 Å². The molecule has 1 aromatic carbocycles. The zero-order chi connectivity index (χ0) is 16.6. The van der Waals surface area contributed by atoms with Gasteiger partial charge in [-0.1, -0.05) is 12.1 Å². The molecule has 0 aliphatic carbocycles. The molecule has 0 fully saturated rings. The number of benzene rings is 1. The molecular formula is C15H15N3O4S. The van der Waals surface area contributed by atoms with Gasteiger partial charge in [0.1, 0.15) is 6.04 Å². The van der Waals surface area contributed by atoms with Crippen LogP contribution >= 0.6 is 0 Å². The van der Waals surface area contributed by atoms with Gasteiger partial charge in [-0.05, 0) is 24.6 Å². The fourth-order valence-corrected chi connectivity index (χ4v) is 4.26. The fraction of sp³-hybridized carbons (Fsp3) is 0.267. The smallest absolute Gasteiger partial charge is 0.322 e. The molecule has 120 valence electrons. The van der Waals surface area contributed by atoms with Crippen molar-refractivity contribution in [1.29, 1.82) is 0 Å². The Labute approximate surface area is 133 Å². The minimum absolute atomic E-state index is 0.00352. The summed E-state index contributed by atoms with van der Waals surface area (Å²) in [4.78, 5) is 19.9. The maximum absolute atomic E-state index is 12.9. The van der Waals surface area contributed by atoms with Crippen LogP contribution < -0.4 is 0 Å². The summed E-state index contributed by atoms with van der Waals surface area (Å²) in [6.45, 7) is 1.68. The van der Waals surface area contributed by atoms with Crippen molar-refractivity contribution in [1.82, 2.24) is 14.3 Å². The molecule has 8 heteroatoms. The molecule has 0 bridgehead atoms. The lowest BCUT2D eigenvalue weighted by Gasteiger charge is -2.32. The Kier molecular flexibility index (Phi) is 3.87. The molecule has 0 radical (unpaired) electrons. The van der Waals surface area contributed by atoms with Crippen LogP contribution in [0.2, 0.25) is 0 Å². The molecule has 0 amide bonds. The topological polar surface area (TPSA) is 100 Å². The third-order valence-corrected chi connectivity index (χ3v) is 5.63. The zero-order valence-corrected chi connectivity index (χ0v) is 13.2. The van der Waals surface area contributed by atoms with E-state index in [1.807, 2.05) is 0 Å². The van der Waals surface area contributed by atoms with Gasteiger partial charge in [0.25, 0.3) is 0 Å². The molecule has 3 rings (SSSR count). The van der Waals surface area contributed by atoms with E-state index in [1.165, 1.54) is 24.5 Å². The van der Waals surface area contributed by atoms with E-state index >= 15 is 0 Å². The monoisotopic (exact) mass is 333 g/mol. The molecule has 0 saturated carbocycles. The Bertz CT molecular complexity index is 867. The van der Waals surface area contributed by atoms with Crippen molar-refractivity contribution in [3.05, 3.63) is 53.6 Å². The largest absolute Gasteiger partial charge is 0.480 e. The van der Waals surface area contributed by atoms with Gasteiger partial charge in [-0.3, -0.25) is 14.8 Å². The average Bonchev–Trinajstić information content (AvgIpc) is 2.53. The molecular weight excluding hydrogens is 318 g/mol. The number of aliphatic carboxylic acids is 1. The number of carbonyl (C=O) groups is 1. The summed E-state index contributed by atoms with van der Waals surface area (Å²) in [6.07, 6.45) is 2.95. The molecule has 1 aromatic heterocycles. The van der Waals surface area contributed by atoms with Crippen LogP contribution in [0.4, 0.5) is 0 Å². The first-order valence-electron chi connectivity index (χ1n) is 6.99. The zero-order valence-electron chi connectivity index (χ0n) is 12.4. The average molecular weight is 333 g/mol. The number of aromatic nitrogens is 2. The van der Waals surface area contributed by atoms with E-state index in [4.69, 9.17) is 0 Å². The van der Waals surface area contributed by atoms with Crippen LogP contribution in [-0.2, 0) is 27.8 Å². The molecule has 0 unspecified atom stereocenters. The maximum Gasteiger partial charge on any atom is 0.322 e. The Morgan fingerprint density at radius 3 is 2.61 bits per heavy atom. The molecule has 1 aliphatic rings. The van der Waals surface area contributed by atoms with E-state index in [1.54, 1.807) is 19.1 Å². The number of nitrogens with zero attached hydrogens (tertiary/aromatic N) is 3. The molecule has 7 nitrogen and oxygen atoms in total. The number of sulfonamides is 1. The van der Waals surface area contributed by atoms with Crippen molar-refractivity contribution in [3.8, 4) is 0 Å². The number of fused-ring (bicyclic) bond motifs is 1. The Hall–Kier alpha value is -2.32. The highest BCUT2D eigenvalue weighted by atomic mass is 32.2. The van der Waals surface area contributed by atoms with E-state index in [9.17, 15) is 18.3 Å². The van der Waals surface area contributed by atoms with E-state index < -0.39 is 22.0 Å². The summed E-state index contributed by atoms with van der Waals surface area (Å²) in [5.41, 5.74) is 1.80. The lowest BCUT2D eigenvalue weighted by molar-refractivity contribution is -0.141. The first-order chi connectivity index (χ1) is 10.9. The maximum atomic E-state index is 12.9. The van der Waals surface area contributed by atoms with Crippen molar-refractivity contribution < 1.29 is 18.3 Å². The van der Waals surface area contributed by atoms with Gasteiger partial charge in [-0.25, -0.2) is 8.42 Å². The SMILES string of the molecule is Cc1cccc(S(=O)(=O)N2Cc3nccnc3C[C@@H]2C(=O)O)c1. The predicted octanol–water partition coefficient (Wildman–Crippen LogP) is 0.985. The highest BCUT2D eigenvalue weighted by Crippen LogP contribution is 2.27. The predicted molar refractivity (Wildman–Crippen MR) is 81.1 cm³/mol. The standard InChI is InChI=1S/C15H15N3O4S/c1-10-3-2-4-11(7-10)23(21,22)18-9-13-12(16-5-6-17-13)8-14(18)15(19)20/h2-7,14H,8-9H2,1H3,(H,19,20)/t14-/m1/s1. The second-order valence-corrected chi connectivity index (χ2v) is 7.27. The number of carboxylic acid groups (broad SMARTS) is 1. The van der Waals surface area contributed by atoms with E-state index in [-0.39, 0.29) is 17.9 Å². The van der Waals surface area contributed by atoms with Gasteiger partial charge in [0, 0.05) is 18.8 Å². The Balaban J connectivity index is 2.07. The number of rotatable bonds is 3. The van der Waals surface area contributed by atoms with Gasteiger partial charge in [-0.15, -0.1) is 0 Å². The lowest BCUT2D eigenvalue weighted by Crippen LogP contribution is -2.49. The molecule has 2 aromatic rings. The molecule has 1 N–H and O–H groups in total. The molecule has 2 heterocycles. The van der Waals surface area contributed by atoms with Crippen LogP contribution in [0.25, 0.3) is 0 Å². The van der Waals surface area contributed by atoms with Crippen LogP contribution in [0.5, 0.6) is 0 Å². The quantitative estimate of drug-likeness (QED) is 0.899. The van der Waals surface area contributed by atoms with Crippen LogP contribution in [0.3, 0.4) is 0 Å². The highest BCUT2D eigenvalue weighted by molar-refractivity contribution is 7.89. The summed E-state index contributed by atoms with van der Waals surface area (Å²) >= 11 is 0. The normalized spacial score (nSPS) is 18.4. The van der Waals surface area contributed by atoms with Gasteiger partial charge in [-0.2, -0.15) is 4.31 Å². The number of hydrogen-bond acceptors (Lipinski definition) is 5. The van der Waals surface area contributed by atoms with Gasteiger partial charge < -0.3 is 5.11 Å². The third kappa shape index (κ3) is 2.82. The van der Waals surface area contributed by atoms with Crippen molar-refractivity contribution in [2.24, 2.45) is 0 Å². The van der Waals surface area contributed by atoms with Crippen molar-refractivity contribution >= 4 is 16.0 Å². The lowest BCUT2D eigenvalue weighted by atomic mass is 10.1. The van der Waals surface area contributed by atoms with Crippen molar-refractivity contribution in [3.63, 3.8) is 0 Å². The van der Waals surface area contributed by atoms with Crippen LogP contribution in [0, 0.1) is 6.92 Å². The second kappa shape index (κ2) is 5.71. The molecule has 0 saturated heterocycles. The summed E-state index contributed by atoms with van der Waals surface area (Å²) in [7, 11) is -3.94. The number of carboxylic acids is 1. The Morgan fingerprint density at radius 1 is 1.26 bits per heavy atom. The first kappa shape index (κ1) is 15.6. The summed E-state index contributed by atoms with van der Waals surface area (Å²) in [5.74, 6) is -1.20. The summed E-state index contributed by atoms with van der Waals surface area (Å²) in [5, 5.41) is 9.44. The van der Waals surface area contributed by atoms with Crippen molar-refractivity contribution in [2.45, 2.75) is 30.8 Å². The third-order valence-electron chi connectivity index (χ3n) is 3.78. The summed E-state index contributed by atoms with van der Waals surface area (Å²) < 4.78 is 26.7. The van der Waals surface area contributed by atoms with E-state index in [2.05, 4.69) is 9.97 Å². The molecule has 1 atom stereocenters. The Morgan fingerprint density at radius 2 is 1.96 bits per heavy atom. The van der Waals surface area contributed by atoms with Crippen LogP contribution in [-0.4, -0.2) is 39.8 Å². The van der Waals surface area contributed by atoms with Crippen LogP contribution in [0.1, 0.15) is 17.0 Å². The summed E-state index contributed by atoms with van der Waals surface area (Å²) in [6, 6.07) is 5.22. The van der Waals surface area contributed by atoms with Gasteiger partial charge in [0.05, 0.1) is 22.8 Å². The van der Waals surface area contributed by atoms with Crippen LogP contribution in [0.15, 0.2) is 41.6 Å². The van der Waals surface area contributed by atoms with E-state index in [0.717, 1.165) is 9.87 Å². The molecule has 1 aliphatic heterocycles. The minimum Gasteiger partial charge on any atom is -0.480 e. The minimum atomic E-state index is -3.94. The molecule has 0 spiro atoms. The van der Waals surface area contributed by atoms with E-state index in [0.29, 0.717) is 11.4 Å². The number of hydrogen-bond donors (Lipinski definition) is 1. The number of aryl methyl sites for hydroxylation is 1. The van der Waals surface area contributed by atoms with Gasteiger partial charge >= 0.3 is 5.97 Å².